The molecule has 4 atom stereocenters. The van der Waals surface area contributed by atoms with Crippen LogP contribution in [0.15, 0.2) is 58.1 Å². The van der Waals surface area contributed by atoms with Crippen molar-refractivity contribution in [1.82, 2.24) is 5.01 Å². The third kappa shape index (κ3) is 2.81. The lowest BCUT2D eigenvalue weighted by atomic mass is 9.63. The third-order valence-electron chi connectivity index (χ3n) is 6.06. The van der Waals surface area contributed by atoms with Gasteiger partial charge in [0.25, 0.3) is 11.8 Å². The number of furan rings is 1. The van der Waals surface area contributed by atoms with Crippen molar-refractivity contribution in [1.29, 1.82) is 0 Å². The zero-order chi connectivity index (χ0) is 20.1. The molecule has 3 aliphatic carbocycles. The number of hydrazone groups is 1. The maximum atomic E-state index is 12.8. The average Bonchev–Trinajstić information content (AvgIpc) is 3.32. The van der Waals surface area contributed by atoms with E-state index in [0.717, 1.165) is 17.9 Å². The minimum Gasteiger partial charge on any atom is -0.478 e. The number of imide groups is 1. The lowest BCUT2D eigenvalue weighted by Crippen LogP contribution is -2.38. The molecule has 146 valence electrons. The van der Waals surface area contributed by atoms with Gasteiger partial charge in [-0.2, -0.15) is 10.1 Å². The molecule has 0 unspecified atom stereocenters. The van der Waals surface area contributed by atoms with Crippen LogP contribution in [0, 0.1) is 23.7 Å². The summed E-state index contributed by atoms with van der Waals surface area (Å²) in [5.74, 6) is -0.995. The summed E-state index contributed by atoms with van der Waals surface area (Å²) in [6.45, 7) is 0. The van der Waals surface area contributed by atoms with E-state index in [4.69, 9.17) is 9.52 Å². The fourth-order valence-corrected chi connectivity index (χ4v) is 4.67. The quantitative estimate of drug-likeness (QED) is 0.491. The van der Waals surface area contributed by atoms with Gasteiger partial charge in [0, 0.05) is 5.56 Å². The van der Waals surface area contributed by atoms with Gasteiger partial charge >= 0.3 is 5.97 Å². The van der Waals surface area contributed by atoms with Crippen LogP contribution in [0.4, 0.5) is 0 Å². The number of carbonyl (C=O) groups excluding carboxylic acids is 2. The summed E-state index contributed by atoms with van der Waals surface area (Å²) >= 11 is 0. The molecule has 1 N–H and O–H groups in total. The molecule has 1 aliphatic heterocycles. The molecule has 0 radical (unpaired) electrons. The number of carbonyl (C=O) groups is 3. The monoisotopic (exact) mass is 390 g/mol. The van der Waals surface area contributed by atoms with Gasteiger partial charge in [0.05, 0.1) is 23.6 Å². The first-order valence-electron chi connectivity index (χ1n) is 9.56. The molecular formula is C22H18N2O5. The largest absolute Gasteiger partial charge is 0.478 e. The first-order chi connectivity index (χ1) is 14.0. The van der Waals surface area contributed by atoms with Crippen LogP contribution >= 0.6 is 0 Å². The number of nitrogens with zero attached hydrogens (tertiary/aromatic N) is 2. The van der Waals surface area contributed by atoms with Crippen molar-refractivity contribution in [2.24, 2.45) is 28.8 Å². The van der Waals surface area contributed by atoms with E-state index in [1.807, 2.05) is 0 Å². The molecule has 2 aromatic rings. The van der Waals surface area contributed by atoms with Crippen LogP contribution in [0.1, 0.15) is 29.0 Å². The van der Waals surface area contributed by atoms with Crippen LogP contribution < -0.4 is 0 Å². The Balaban J connectivity index is 1.37. The van der Waals surface area contributed by atoms with Gasteiger partial charge in [0.1, 0.15) is 11.5 Å². The summed E-state index contributed by atoms with van der Waals surface area (Å²) in [5, 5.41) is 14.2. The lowest BCUT2D eigenvalue weighted by Gasteiger charge is -2.37. The highest BCUT2D eigenvalue weighted by atomic mass is 16.4. The maximum absolute atomic E-state index is 12.8. The van der Waals surface area contributed by atoms with E-state index in [9.17, 15) is 14.4 Å². The molecule has 1 aromatic heterocycles. The number of hydrogen-bond donors (Lipinski definition) is 1. The van der Waals surface area contributed by atoms with E-state index < -0.39 is 5.97 Å². The predicted molar refractivity (Wildman–Crippen MR) is 103 cm³/mol. The van der Waals surface area contributed by atoms with Crippen LogP contribution in [-0.4, -0.2) is 34.1 Å². The molecule has 2 heterocycles. The minimum absolute atomic E-state index is 0.123. The Hall–Kier alpha value is -3.48. The molecule has 6 rings (SSSR count). The topological polar surface area (TPSA) is 100 Å². The second-order valence-electron chi connectivity index (χ2n) is 7.66. The van der Waals surface area contributed by atoms with Gasteiger partial charge in [-0.25, -0.2) is 4.79 Å². The van der Waals surface area contributed by atoms with Gasteiger partial charge in [0.2, 0.25) is 0 Å². The fourth-order valence-electron chi connectivity index (χ4n) is 4.67. The van der Waals surface area contributed by atoms with Gasteiger partial charge in [-0.05, 0) is 48.9 Å². The van der Waals surface area contributed by atoms with Crippen molar-refractivity contribution in [3.05, 3.63) is 59.9 Å². The number of fused-ring (bicyclic) bond motifs is 1. The number of benzene rings is 1. The minimum atomic E-state index is -1.02. The van der Waals surface area contributed by atoms with Crippen molar-refractivity contribution in [2.75, 3.05) is 0 Å². The van der Waals surface area contributed by atoms with Crippen LogP contribution in [0.25, 0.3) is 11.3 Å². The molecule has 7 nitrogen and oxygen atoms in total. The van der Waals surface area contributed by atoms with E-state index >= 15 is 0 Å². The van der Waals surface area contributed by atoms with Crippen LogP contribution in [0.5, 0.6) is 0 Å². The Bertz CT molecular complexity index is 1050. The third-order valence-corrected chi connectivity index (χ3v) is 6.06. The average molecular weight is 390 g/mol. The van der Waals surface area contributed by atoms with Gasteiger partial charge in [-0.15, -0.1) is 0 Å². The van der Waals surface area contributed by atoms with Crippen LogP contribution in [-0.2, 0) is 9.59 Å². The summed E-state index contributed by atoms with van der Waals surface area (Å²) in [6.07, 6.45) is 7.37. The Morgan fingerprint density at radius 2 is 1.76 bits per heavy atom. The van der Waals surface area contributed by atoms with E-state index in [1.54, 1.807) is 24.3 Å². The summed E-state index contributed by atoms with van der Waals surface area (Å²) in [7, 11) is 0. The Kier molecular flexibility index (Phi) is 3.97. The number of allylic oxidation sites excluding steroid dienone is 2. The SMILES string of the molecule is O=C(O)c1cccc(-c2ccc(/C=N\N3C(=O)[C@@H]4[C@@H](C3=O)[C@@H]3C=C[C@@H]4CC3)o2)c1. The van der Waals surface area contributed by atoms with Crippen molar-refractivity contribution in [3.8, 4) is 11.3 Å². The van der Waals surface area contributed by atoms with E-state index in [2.05, 4.69) is 17.3 Å². The van der Waals surface area contributed by atoms with E-state index in [-0.39, 0.29) is 41.0 Å². The number of hydrogen-bond acceptors (Lipinski definition) is 5. The smallest absolute Gasteiger partial charge is 0.335 e. The van der Waals surface area contributed by atoms with E-state index in [0.29, 0.717) is 17.1 Å². The predicted octanol–water partition coefficient (Wildman–Crippen LogP) is 3.18. The zero-order valence-electron chi connectivity index (χ0n) is 15.4. The number of rotatable bonds is 4. The lowest BCUT2D eigenvalue weighted by molar-refractivity contribution is -0.140. The van der Waals surface area contributed by atoms with Crippen LogP contribution in [0.2, 0.25) is 0 Å². The highest BCUT2D eigenvalue weighted by Gasteiger charge is 2.56. The van der Waals surface area contributed by atoms with Crippen molar-refractivity contribution < 1.29 is 23.9 Å². The van der Waals surface area contributed by atoms with Crippen molar-refractivity contribution in [2.45, 2.75) is 12.8 Å². The summed E-state index contributed by atoms with van der Waals surface area (Å²) < 4.78 is 5.70. The van der Waals surface area contributed by atoms with Gasteiger partial charge < -0.3 is 9.52 Å². The molecule has 2 bridgehead atoms. The van der Waals surface area contributed by atoms with E-state index in [1.165, 1.54) is 18.3 Å². The number of carboxylic acid groups (broad SMARTS) is 1. The van der Waals surface area contributed by atoms with Gasteiger partial charge in [-0.1, -0.05) is 24.3 Å². The van der Waals surface area contributed by atoms with Crippen LogP contribution in [0.3, 0.4) is 0 Å². The standard InChI is InChI=1S/C22H18N2O5/c25-20-18-12-4-5-13(7-6-12)19(18)21(26)24(20)23-11-16-8-9-17(29-16)14-2-1-3-15(10-14)22(27)28/h1-5,8-13,18-19H,6-7H2,(H,27,28)/b23-11-/t12-,13-,18+,19+/m1/s1. The zero-order valence-corrected chi connectivity index (χ0v) is 15.4. The molecule has 1 aromatic carbocycles. The maximum Gasteiger partial charge on any atom is 0.335 e. The molecule has 1 saturated heterocycles. The first kappa shape index (κ1) is 17.6. The second kappa shape index (κ2) is 6.55. The molecule has 0 spiro atoms. The summed E-state index contributed by atoms with van der Waals surface area (Å²) in [6, 6.07) is 9.76. The Labute approximate surface area is 166 Å². The van der Waals surface area contributed by atoms with Crippen molar-refractivity contribution >= 4 is 24.0 Å². The molecule has 4 aliphatic rings. The Morgan fingerprint density at radius 3 is 2.38 bits per heavy atom. The molecule has 29 heavy (non-hydrogen) atoms. The molecule has 1 saturated carbocycles. The normalized spacial score (nSPS) is 27.8. The van der Waals surface area contributed by atoms with Gasteiger partial charge in [0.15, 0.2) is 0 Å². The summed E-state index contributed by atoms with van der Waals surface area (Å²) in [5.41, 5.74) is 0.778. The number of aromatic carboxylic acids is 1. The summed E-state index contributed by atoms with van der Waals surface area (Å²) in [4.78, 5) is 36.7. The Morgan fingerprint density at radius 1 is 1.07 bits per heavy atom. The second-order valence-corrected chi connectivity index (χ2v) is 7.66. The molecule has 2 amide bonds. The fraction of sp³-hybridized carbons (Fsp3) is 0.273. The number of amides is 2. The number of carboxylic acids is 1. The van der Waals surface area contributed by atoms with Gasteiger partial charge in [-0.3, -0.25) is 9.59 Å². The highest BCUT2D eigenvalue weighted by Crippen LogP contribution is 2.49. The van der Waals surface area contributed by atoms with Crippen molar-refractivity contribution in [3.63, 3.8) is 0 Å². The molecule has 2 fully saturated rings. The first-order valence-corrected chi connectivity index (χ1v) is 9.56. The molecule has 7 heteroatoms. The molecular weight excluding hydrogens is 372 g/mol. The highest BCUT2D eigenvalue weighted by molar-refractivity contribution is 6.06.